The van der Waals surface area contributed by atoms with Crippen molar-refractivity contribution in [1.29, 1.82) is 0 Å². The van der Waals surface area contributed by atoms with E-state index in [1.807, 2.05) is 0 Å². The van der Waals surface area contributed by atoms with Crippen LogP contribution in [0.5, 0.6) is 0 Å². The molecular formula is C17H29N5O4S. The molecule has 0 spiro atoms. The van der Waals surface area contributed by atoms with E-state index in [-0.39, 0.29) is 5.91 Å². The van der Waals surface area contributed by atoms with Crippen LogP contribution in [0, 0.1) is 12.8 Å². The van der Waals surface area contributed by atoms with Crippen LogP contribution in [0.1, 0.15) is 35.6 Å². The molecule has 0 saturated carbocycles. The molecule has 3 N–H and O–H groups in total. The van der Waals surface area contributed by atoms with Crippen molar-refractivity contribution < 1.29 is 19.1 Å². The van der Waals surface area contributed by atoms with E-state index in [2.05, 4.69) is 39.9 Å². The van der Waals surface area contributed by atoms with Crippen molar-refractivity contribution in [2.75, 3.05) is 51.0 Å². The molecule has 10 heteroatoms. The van der Waals surface area contributed by atoms with E-state index in [0.29, 0.717) is 55.9 Å². The fraction of sp³-hybridized carbons (Fsp3) is 0.706. The van der Waals surface area contributed by atoms with Gasteiger partial charge in [0.2, 0.25) is 0 Å². The van der Waals surface area contributed by atoms with Gasteiger partial charge >= 0.3 is 6.03 Å². The predicted octanol–water partition coefficient (Wildman–Crippen LogP) is 1.29. The zero-order valence-corrected chi connectivity index (χ0v) is 17.0. The molecule has 1 aliphatic rings. The van der Waals surface area contributed by atoms with E-state index in [9.17, 15) is 9.59 Å². The number of nitrogens with one attached hydrogen (secondary N) is 3. The molecule has 2 heterocycles. The van der Waals surface area contributed by atoms with Gasteiger partial charge in [0, 0.05) is 32.8 Å². The molecule has 0 bridgehead atoms. The quantitative estimate of drug-likeness (QED) is 0.449. The Bertz CT molecular complexity index is 616. The Labute approximate surface area is 163 Å². The Hall–Kier alpha value is -1.91. The molecule has 3 amide bonds. The first kappa shape index (κ1) is 21.4. The van der Waals surface area contributed by atoms with Gasteiger partial charge in [-0.05, 0) is 19.3 Å². The molecule has 1 aromatic rings. The fourth-order valence-electron chi connectivity index (χ4n) is 2.39. The Kier molecular flexibility index (Phi) is 8.76. The number of aryl methyl sites for hydroxylation is 1. The summed E-state index contributed by atoms with van der Waals surface area (Å²) >= 11 is 1.31. The van der Waals surface area contributed by atoms with Gasteiger partial charge < -0.3 is 19.7 Å². The van der Waals surface area contributed by atoms with E-state index in [0.717, 1.165) is 18.2 Å². The maximum Gasteiger partial charge on any atom is 0.333 e. The monoisotopic (exact) mass is 399 g/mol. The highest BCUT2D eigenvalue weighted by atomic mass is 32.1. The van der Waals surface area contributed by atoms with E-state index >= 15 is 0 Å². The number of aromatic nitrogens is 1. The second-order valence-electron chi connectivity index (χ2n) is 6.67. The third-order valence-electron chi connectivity index (χ3n) is 3.76. The summed E-state index contributed by atoms with van der Waals surface area (Å²) in [5.41, 5.74) is 5.42. The van der Waals surface area contributed by atoms with Crippen LogP contribution in [0.15, 0.2) is 0 Å². The molecule has 152 valence electrons. The Morgan fingerprint density at radius 1 is 1.30 bits per heavy atom. The topological polar surface area (TPSA) is 105 Å². The highest BCUT2D eigenvalue weighted by Gasteiger charge is 2.20. The first-order chi connectivity index (χ1) is 13.0. The SMILES string of the molecule is Cc1nc(N2CCOCC2)sc1C(=O)NNC(=O)NCCCOCC(C)C. The van der Waals surface area contributed by atoms with E-state index in [1.165, 1.54) is 11.3 Å². The highest BCUT2D eigenvalue weighted by molar-refractivity contribution is 7.17. The molecule has 1 saturated heterocycles. The number of carbonyl (C=O) groups is 2. The molecule has 9 nitrogen and oxygen atoms in total. The lowest BCUT2D eigenvalue weighted by atomic mass is 10.2. The van der Waals surface area contributed by atoms with Crippen LogP contribution in [0.25, 0.3) is 0 Å². The lowest BCUT2D eigenvalue weighted by Gasteiger charge is -2.25. The van der Waals surface area contributed by atoms with E-state index < -0.39 is 6.03 Å². The normalized spacial score (nSPS) is 14.3. The van der Waals surface area contributed by atoms with E-state index in [1.54, 1.807) is 6.92 Å². The van der Waals surface area contributed by atoms with Gasteiger partial charge in [-0.3, -0.25) is 10.2 Å². The van der Waals surface area contributed by atoms with Gasteiger partial charge in [0.25, 0.3) is 5.91 Å². The number of nitrogens with zero attached hydrogens (tertiary/aromatic N) is 2. The number of hydrogen-bond donors (Lipinski definition) is 3. The van der Waals surface area contributed by atoms with Crippen molar-refractivity contribution in [1.82, 2.24) is 21.2 Å². The molecular weight excluding hydrogens is 370 g/mol. The summed E-state index contributed by atoms with van der Waals surface area (Å²) in [5.74, 6) is 0.121. The molecule has 0 radical (unpaired) electrons. The largest absolute Gasteiger partial charge is 0.381 e. The number of urea groups is 1. The molecule has 0 aliphatic carbocycles. The van der Waals surface area contributed by atoms with Crippen molar-refractivity contribution in [3.63, 3.8) is 0 Å². The minimum atomic E-state index is -0.456. The molecule has 1 fully saturated rings. The summed E-state index contributed by atoms with van der Waals surface area (Å²) in [6, 6.07) is -0.456. The van der Waals surface area contributed by atoms with Crippen LogP contribution in [0.2, 0.25) is 0 Å². The lowest BCUT2D eigenvalue weighted by molar-refractivity contribution is 0.0938. The summed E-state index contributed by atoms with van der Waals surface area (Å²) in [6.07, 6.45) is 0.713. The molecule has 1 aliphatic heterocycles. The first-order valence-electron chi connectivity index (χ1n) is 9.19. The maximum absolute atomic E-state index is 12.3. The van der Waals surface area contributed by atoms with Crippen LogP contribution >= 0.6 is 11.3 Å². The van der Waals surface area contributed by atoms with Crippen LogP contribution in [0.4, 0.5) is 9.93 Å². The third kappa shape index (κ3) is 7.31. The van der Waals surface area contributed by atoms with E-state index in [4.69, 9.17) is 9.47 Å². The number of thiazole rings is 1. The van der Waals surface area contributed by atoms with Crippen molar-refractivity contribution in [2.45, 2.75) is 27.2 Å². The second kappa shape index (κ2) is 11.1. The van der Waals surface area contributed by atoms with Gasteiger partial charge in [-0.2, -0.15) is 0 Å². The van der Waals surface area contributed by atoms with Crippen molar-refractivity contribution in [3.8, 4) is 0 Å². The van der Waals surface area contributed by atoms with Crippen LogP contribution in [-0.4, -0.2) is 63.0 Å². The highest BCUT2D eigenvalue weighted by Crippen LogP contribution is 2.26. The number of morpholine rings is 1. The molecule has 27 heavy (non-hydrogen) atoms. The van der Waals surface area contributed by atoms with Gasteiger partial charge in [-0.1, -0.05) is 25.2 Å². The van der Waals surface area contributed by atoms with Crippen molar-refractivity contribution in [3.05, 3.63) is 10.6 Å². The first-order valence-corrected chi connectivity index (χ1v) is 10.0. The summed E-state index contributed by atoms with van der Waals surface area (Å²) in [5, 5.41) is 3.47. The summed E-state index contributed by atoms with van der Waals surface area (Å²) in [7, 11) is 0. The van der Waals surface area contributed by atoms with Gasteiger partial charge in [0.05, 0.1) is 18.9 Å². The molecule has 2 rings (SSSR count). The zero-order valence-electron chi connectivity index (χ0n) is 16.2. The zero-order chi connectivity index (χ0) is 19.6. The molecule has 1 aromatic heterocycles. The average molecular weight is 400 g/mol. The number of hydrogen-bond acceptors (Lipinski definition) is 7. The van der Waals surface area contributed by atoms with Crippen LogP contribution in [-0.2, 0) is 9.47 Å². The summed E-state index contributed by atoms with van der Waals surface area (Å²) in [4.78, 5) is 31.1. The molecule has 0 atom stereocenters. The van der Waals surface area contributed by atoms with Gasteiger partial charge in [0.1, 0.15) is 4.88 Å². The number of amides is 3. The number of hydrazine groups is 1. The lowest BCUT2D eigenvalue weighted by Crippen LogP contribution is -2.47. The Morgan fingerprint density at radius 3 is 2.74 bits per heavy atom. The fourth-order valence-corrected chi connectivity index (χ4v) is 3.41. The average Bonchev–Trinajstić information content (AvgIpc) is 3.05. The van der Waals surface area contributed by atoms with Crippen LogP contribution in [0.3, 0.4) is 0 Å². The van der Waals surface area contributed by atoms with Gasteiger partial charge in [-0.15, -0.1) is 0 Å². The predicted molar refractivity (Wildman–Crippen MR) is 104 cm³/mol. The number of carbonyl (C=O) groups excluding carboxylic acids is 2. The van der Waals surface area contributed by atoms with Crippen molar-refractivity contribution >= 4 is 28.4 Å². The third-order valence-corrected chi connectivity index (χ3v) is 4.98. The van der Waals surface area contributed by atoms with Crippen molar-refractivity contribution in [2.24, 2.45) is 5.92 Å². The molecule has 0 aromatic carbocycles. The number of ether oxygens (including phenoxy) is 2. The maximum atomic E-state index is 12.3. The Morgan fingerprint density at radius 2 is 2.04 bits per heavy atom. The minimum absolute atomic E-state index is 0.375. The Balaban J connectivity index is 1.69. The van der Waals surface area contributed by atoms with Gasteiger partial charge in [-0.25, -0.2) is 15.2 Å². The van der Waals surface area contributed by atoms with Gasteiger partial charge in [0.15, 0.2) is 5.13 Å². The number of anilines is 1. The smallest absolute Gasteiger partial charge is 0.333 e. The second-order valence-corrected chi connectivity index (χ2v) is 7.65. The molecule has 0 unspecified atom stereocenters. The van der Waals surface area contributed by atoms with Crippen LogP contribution < -0.4 is 21.1 Å². The summed E-state index contributed by atoms with van der Waals surface area (Å²) < 4.78 is 10.8. The summed E-state index contributed by atoms with van der Waals surface area (Å²) in [6.45, 7) is 10.6. The minimum Gasteiger partial charge on any atom is -0.381 e. The number of rotatable bonds is 8. The standard InChI is InChI=1S/C17H29N5O4S/c1-12(2)11-26-8-4-5-18-16(24)21-20-15(23)14-13(3)19-17(27-14)22-6-9-25-10-7-22/h12H,4-11H2,1-3H3,(H,20,23)(H2,18,21,24).